The van der Waals surface area contributed by atoms with Crippen LogP contribution in [0.4, 0.5) is 0 Å². The molecule has 120 valence electrons. The molecule has 0 saturated heterocycles. The first kappa shape index (κ1) is 15.7. The van der Waals surface area contributed by atoms with Crippen LogP contribution in [0.25, 0.3) is 0 Å². The lowest BCUT2D eigenvalue weighted by Crippen LogP contribution is -1.96. The minimum atomic E-state index is 0.696. The summed E-state index contributed by atoms with van der Waals surface area (Å²) >= 11 is 7.40. The predicted octanol–water partition coefficient (Wildman–Crippen LogP) is 6.47. The van der Waals surface area contributed by atoms with Gasteiger partial charge in [0.2, 0.25) is 0 Å². The molecule has 0 radical (unpaired) electrons. The van der Waals surface area contributed by atoms with Gasteiger partial charge in [-0.1, -0.05) is 45.7 Å². The zero-order chi connectivity index (χ0) is 16.1. The molecular weight excluding hydrogens is 416 g/mol. The van der Waals surface area contributed by atoms with Gasteiger partial charge in [-0.2, -0.15) is 0 Å². The summed E-state index contributed by atoms with van der Waals surface area (Å²) in [5.74, 6) is 3.47. The van der Waals surface area contributed by atoms with Crippen LogP contribution >= 0.6 is 31.9 Å². The van der Waals surface area contributed by atoms with Crippen molar-refractivity contribution in [3.63, 3.8) is 0 Å². The third kappa shape index (κ3) is 2.76. The Balaban J connectivity index is 1.74. The van der Waals surface area contributed by atoms with Crippen LogP contribution < -0.4 is 4.74 Å². The highest BCUT2D eigenvalue weighted by Crippen LogP contribution is 2.43. The lowest BCUT2D eigenvalue weighted by molar-refractivity contribution is 0.467. The Morgan fingerprint density at radius 2 is 1.09 bits per heavy atom. The van der Waals surface area contributed by atoms with Gasteiger partial charge in [-0.05, 0) is 84.0 Å². The van der Waals surface area contributed by atoms with Crippen molar-refractivity contribution in [1.82, 2.24) is 0 Å². The molecule has 2 aromatic rings. The second-order valence-electron chi connectivity index (χ2n) is 7.13. The van der Waals surface area contributed by atoms with E-state index >= 15 is 0 Å². The second kappa shape index (κ2) is 5.93. The number of hydrogen-bond acceptors (Lipinski definition) is 1. The molecule has 2 aliphatic carbocycles. The van der Waals surface area contributed by atoms with Gasteiger partial charge < -0.3 is 4.74 Å². The first-order valence-corrected chi connectivity index (χ1v) is 9.90. The highest BCUT2D eigenvalue weighted by molar-refractivity contribution is 9.10. The van der Waals surface area contributed by atoms with Gasteiger partial charge in [0.15, 0.2) is 0 Å². The van der Waals surface area contributed by atoms with Gasteiger partial charge in [0.1, 0.15) is 11.5 Å². The average Bonchev–Trinajstić information content (AvgIpc) is 3.08. The molecule has 23 heavy (non-hydrogen) atoms. The Kier molecular flexibility index (Phi) is 4.05. The molecule has 3 heteroatoms. The Morgan fingerprint density at radius 1 is 0.696 bits per heavy atom. The summed E-state index contributed by atoms with van der Waals surface area (Å²) in [6.07, 6.45) is 4.50. The van der Waals surface area contributed by atoms with Crippen molar-refractivity contribution in [2.24, 2.45) is 11.8 Å². The van der Waals surface area contributed by atoms with E-state index in [-0.39, 0.29) is 0 Å². The summed E-state index contributed by atoms with van der Waals surface area (Å²) in [5, 5.41) is 0. The topological polar surface area (TPSA) is 9.23 Å². The summed E-state index contributed by atoms with van der Waals surface area (Å²) in [6.45, 7) is 4.63. The quantitative estimate of drug-likeness (QED) is 0.524. The molecule has 0 amide bonds. The second-order valence-corrected chi connectivity index (χ2v) is 8.84. The van der Waals surface area contributed by atoms with E-state index in [0.29, 0.717) is 11.8 Å². The van der Waals surface area contributed by atoms with E-state index in [4.69, 9.17) is 4.74 Å². The van der Waals surface area contributed by atoms with Crippen LogP contribution in [0, 0.1) is 11.8 Å². The molecule has 0 heterocycles. The number of halogens is 2. The number of ether oxygens (including phenoxy) is 1. The molecular formula is C20H20Br2O. The zero-order valence-electron chi connectivity index (χ0n) is 13.5. The summed E-state index contributed by atoms with van der Waals surface area (Å²) in [4.78, 5) is 0. The first-order chi connectivity index (χ1) is 11.0. The lowest BCUT2D eigenvalue weighted by atomic mass is 10.1. The van der Waals surface area contributed by atoms with Gasteiger partial charge in [-0.25, -0.2) is 0 Å². The Hall–Kier alpha value is -0.800. The maximum absolute atomic E-state index is 6.43. The van der Waals surface area contributed by atoms with Crippen LogP contribution in [0.3, 0.4) is 0 Å². The van der Waals surface area contributed by atoms with Crippen molar-refractivity contribution >= 4 is 31.9 Å². The smallest absolute Gasteiger partial charge is 0.130 e. The van der Waals surface area contributed by atoms with Crippen LogP contribution in [0.15, 0.2) is 33.2 Å². The Bertz CT molecular complexity index is 716. The van der Waals surface area contributed by atoms with Gasteiger partial charge >= 0.3 is 0 Å². The van der Waals surface area contributed by atoms with Gasteiger partial charge in [-0.3, -0.25) is 0 Å². The van der Waals surface area contributed by atoms with E-state index in [2.05, 4.69) is 70.0 Å². The normalized spacial score (nSPS) is 22.1. The predicted molar refractivity (Wildman–Crippen MR) is 102 cm³/mol. The molecule has 2 aliphatic rings. The van der Waals surface area contributed by atoms with Crippen molar-refractivity contribution in [3.05, 3.63) is 55.5 Å². The summed E-state index contributed by atoms with van der Waals surface area (Å²) in [6, 6.07) is 8.50. The van der Waals surface area contributed by atoms with Gasteiger partial charge in [0.25, 0.3) is 0 Å². The number of fused-ring (bicyclic) bond motifs is 2. The standard InChI is InChI=1S/C20H20Br2O/c1-11-7-13-15(9-11)19(5-3-17(13)21)23-20-6-4-18(22)14-8-12(2)10-16(14)20/h3-6,11-12H,7-10H2,1-2H3. The molecule has 0 aliphatic heterocycles. The zero-order valence-corrected chi connectivity index (χ0v) is 16.6. The van der Waals surface area contributed by atoms with Crippen LogP contribution in [0.1, 0.15) is 36.1 Å². The molecule has 0 N–H and O–H groups in total. The molecule has 2 aromatic carbocycles. The van der Waals surface area contributed by atoms with E-state index < -0.39 is 0 Å². The van der Waals surface area contributed by atoms with Crippen LogP contribution in [0.2, 0.25) is 0 Å². The molecule has 0 spiro atoms. The maximum Gasteiger partial charge on any atom is 0.130 e. The van der Waals surface area contributed by atoms with Crippen LogP contribution in [-0.2, 0) is 25.7 Å². The van der Waals surface area contributed by atoms with E-state index in [1.54, 1.807) is 0 Å². The monoisotopic (exact) mass is 434 g/mol. The van der Waals surface area contributed by atoms with Gasteiger partial charge in [-0.15, -0.1) is 0 Å². The van der Waals surface area contributed by atoms with E-state index in [1.165, 1.54) is 31.2 Å². The SMILES string of the molecule is CC1Cc2c(Br)ccc(Oc3ccc(Br)c4c3CC(C)C4)c2C1. The number of hydrogen-bond donors (Lipinski definition) is 0. The summed E-state index contributed by atoms with van der Waals surface area (Å²) < 4.78 is 8.87. The highest BCUT2D eigenvalue weighted by atomic mass is 79.9. The van der Waals surface area contributed by atoms with Crippen molar-refractivity contribution in [2.75, 3.05) is 0 Å². The van der Waals surface area contributed by atoms with Crippen molar-refractivity contribution in [1.29, 1.82) is 0 Å². The summed E-state index contributed by atoms with van der Waals surface area (Å²) in [5.41, 5.74) is 5.62. The van der Waals surface area contributed by atoms with Gasteiger partial charge in [0.05, 0.1) is 0 Å². The molecule has 0 saturated carbocycles. The fourth-order valence-electron chi connectivity index (χ4n) is 4.02. The fourth-order valence-corrected chi connectivity index (χ4v) is 5.09. The van der Waals surface area contributed by atoms with Crippen molar-refractivity contribution in [2.45, 2.75) is 39.5 Å². The van der Waals surface area contributed by atoms with Crippen molar-refractivity contribution < 1.29 is 4.74 Å². The molecule has 4 rings (SSSR count). The molecule has 0 bridgehead atoms. The average molecular weight is 436 g/mol. The van der Waals surface area contributed by atoms with E-state index in [9.17, 15) is 0 Å². The minimum absolute atomic E-state index is 0.696. The first-order valence-electron chi connectivity index (χ1n) is 8.31. The Labute approximate surface area is 154 Å². The van der Waals surface area contributed by atoms with E-state index in [1.807, 2.05) is 0 Å². The maximum atomic E-state index is 6.43. The van der Waals surface area contributed by atoms with Gasteiger partial charge in [0, 0.05) is 8.95 Å². The molecule has 1 nitrogen and oxygen atoms in total. The highest BCUT2D eigenvalue weighted by Gasteiger charge is 2.27. The summed E-state index contributed by atoms with van der Waals surface area (Å²) in [7, 11) is 0. The number of benzene rings is 2. The molecule has 2 atom stereocenters. The van der Waals surface area contributed by atoms with Crippen LogP contribution in [0.5, 0.6) is 11.5 Å². The third-order valence-corrected chi connectivity index (χ3v) is 6.58. The molecule has 2 unspecified atom stereocenters. The van der Waals surface area contributed by atoms with Crippen LogP contribution in [-0.4, -0.2) is 0 Å². The Morgan fingerprint density at radius 3 is 1.52 bits per heavy atom. The fraction of sp³-hybridized carbons (Fsp3) is 0.400. The number of rotatable bonds is 2. The molecule has 0 fully saturated rings. The molecule has 0 aromatic heterocycles. The van der Waals surface area contributed by atoms with Crippen molar-refractivity contribution in [3.8, 4) is 11.5 Å². The largest absolute Gasteiger partial charge is 0.457 e. The third-order valence-electron chi connectivity index (χ3n) is 5.09. The van der Waals surface area contributed by atoms with E-state index in [0.717, 1.165) is 37.2 Å². The lowest BCUT2D eigenvalue weighted by Gasteiger charge is -2.15. The minimum Gasteiger partial charge on any atom is -0.457 e.